The van der Waals surface area contributed by atoms with Gasteiger partial charge in [-0.15, -0.1) is 0 Å². The van der Waals surface area contributed by atoms with E-state index in [0.717, 1.165) is 30.9 Å². The molecular formula is C22H26ClN7O2. The maximum atomic E-state index is 12.8. The van der Waals surface area contributed by atoms with Crippen molar-refractivity contribution in [3.05, 3.63) is 59.8 Å². The number of halogens is 1. The number of nitrogens with one attached hydrogen (secondary N) is 1. The van der Waals surface area contributed by atoms with E-state index in [1.54, 1.807) is 36.5 Å². The van der Waals surface area contributed by atoms with Crippen LogP contribution in [0.2, 0.25) is 5.15 Å². The number of hydrogen-bond acceptors (Lipinski definition) is 7. The number of rotatable bonds is 7. The molecule has 1 N–H and O–H groups in total. The van der Waals surface area contributed by atoms with Gasteiger partial charge in [-0.2, -0.15) is 4.98 Å². The van der Waals surface area contributed by atoms with E-state index in [4.69, 9.17) is 16.3 Å². The van der Waals surface area contributed by atoms with Crippen LogP contribution in [-0.2, 0) is 11.3 Å². The van der Waals surface area contributed by atoms with Crippen LogP contribution in [0.25, 0.3) is 5.95 Å². The molecular weight excluding hydrogens is 430 g/mol. The number of carbonyl (C=O) groups is 1. The molecule has 4 rings (SSSR count). The van der Waals surface area contributed by atoms with Crippen LogP contribution >= 0.6 is 11.6 Å². The Labute approximate surface area is 192 Å². The van der Waals surface area contributed by atoms with E-state index in [1.807, 2.05) is 24.3 Å². The average Bonchev–Trinajstić information content (AvgIpc) is 3.33. The largest absolute Gasteiger partial charge is 0.497 e. The summed E-state index contributed by atoms with van der Waals surface area (Å²) in [4.78, 5) is 30.2. The molecule has 168 valence electrons. The number of nitrogens with zero attached hydrogens (tertiary/aromatic N) is 6. The van der Waals surface area contributed by atoms with Gasteiger partial charge in [-0.05, 0) is 24.7 Å². The molecule has 32 heavy (non-hydrogen) atoms. The van der Waals surface area contributed by atoms with Crippen molar-refractivity contribution in [2.45, 2.75) is 19.0 Å². The number of piperazine rings is 1. The Balaban J connectivity index is 1.46. The van der Waals surface area contributed by atoms with Crippen molar-refractivity contribution >= 4 is 23.3 Å². The molecule has 9 nitrogen and oxygen atoms in total. The number of ether oxygens (including phenoxy) is 1. The van der Waals surface area contributed by atoms with Crippen molar-refractivity contribution in [2.75, 3.05) is 38.7 Å². The first-order valence-corrected chi connectivity index (χ1v) is 10.8. The fourth-order valence-corrected chi connectivity index (χ4v) is 3.92. The first-order chi connectivity index (χ1) is 15.5. The molecule has 0 saturated carbocycles. The SMILES string of the molecule is COc1ccc(CNC(=O)CC2CN(C)CCN2c2cc(Cl)nc(-n3ccnc3)n2)cc1. The zero-order chi connectivity index (χ0) is 22.5. The van der Waals surface area contributed by atoms with Gasteiger partial charge in [-0.1, -0.05) is 23.7 Å². The highest BCUT2D eigenvalue weighted by Gasteiger charge is 2.29. The van der Waals surface area contributed by atoms with Crippen LogP contribution in [0.5, 0.6) is 5.75 Å². The lowest BCUT2D eigenvalue weighted by Gasteiger charge is -2.40. The molecule has 10 heteroatoms. The molecule has 1 atom stereocenters. The molecule has 3 heterocycles. The van der Waals surface area contributed by atoms with Crippen LogP contribution in [0, 0.1) is 0 Å². The minimum absolute atomic E-state index is 0.0129. The number of methoxy groups -OCH3 is 1. The summed E-state index contributed by atoms with van der Waals surface area (Å²) < 4.78 is 6.89. The van der Waals surface area contributed by atoms with Crippen LogP contribution in [0.15, 0.2) is 49.1 Å². The van der Waals surface area contributed by atoms with Gasteiger partial charge in [0.2, 0.25) is 11.9 Å². The molecule has 2 aromatic heterocycles. The van der Waals surface area contributed by atoms with Crippen molar-refractivity contribution in [1.29, 1.82) is 0 Å². The van der Waals surface area contributed by atoms with E-state index in [0.29, 0.717) is 29.9 Å². The third kappa shape index (κ3) is 5.35. The van der Waals surface area contributed by atoms with Crippen LogP contribution in [-0.4, -0.2) is 70.2 Å². The topological polar surface area (TPSA) is 88.4 Å². The molecule has 1 aliphatic rings. The van der Waals surface area contributed by atoms with Crippen molar-refractivity contribution < 1.29 is 9.53 Å². The number of likely N-dealkylation sites (N-methyl/N-ethyl adjacent to an activating group) is 1. The second-order valence-electron chi connectivity index (χ2n) is 7.76. The molecule has 1 fully saturated rings. The summed E-state index contributed by atoms with van der Waals surface area (Å²) >= 11 is 6.30. The van der Waals surface area contributed by atoms with Gasteiger partial charge in [-0.25, -0.2) is 9.97 Å². The smallest absolute Gasteiger partial charge is 0.238 e. The third-order valence-corrected chi connectivity index (χ3v) is 5.65. The maximum Gasteiger partial charge on any atom is 0.238 e. The predicted molar refractivity (Wildman–Crippen MR) is 122 cm³/mol. The van der Waals surface area contributed by atoms with Crippen LogP contribution < -0.4 is 15.0 Å². The van der Waals surface area contributed by atoms with Gasteiger partial charge in [0.05, 0.1) is 13.2 Å². The lowest BCUT2D eigenvalue weighted by atomic mass is 10.1. The zero-order valence-corrected chi connectivity index (χ0v) is 18.9. The number of benzene rings is 1. The average molecular weight is 456 g/mol. The number of imidazole rings is 1. The van der Waals surface area contributed by atoms with E-state index < -0.39 is 0 Å². The Hall–Kier alpha value is -3.17. The fourth-order valence-electron chi connectivity index (χ4n) is 3.75. The molecule has 0 spiro atoms. The van der Waals surface area contributed by atoms with Gasteiger partial charge in [0.25, 0.3) is 0 Å². The number of amides is 1. The highest BCUT2D eigenvalue weighted by atomic mass is 35.5. The van der Waals surface area contributed by atoms with Crippen molar-refractivity contribution in [3.8, 4) is 11.7 Å². The molecule has 0 aliphatic carbocycles. The Bertz CT molecular complexity index is 1040. The minimum Gasteiger partial charge on any atom is -0.497 e. The molecule has 1 aliphatic heterocycles. The van der Waals surface area contributed by atoms with Crippen molar-refractivity contribution in [1.82, 2.24) is 29.7 Å². The first kappa shape index (κ1) is 22.0. The number of hydrogen-bond donors (Lipinski definition) is 1. The van der Waals surface area contributed by atoms with E-state index in [9.17, 15) is 4.79 Å². The summed E-state index contributed by atoms with van der Waals surface area (Å²) in [6.07, 6.45) is 5.41. The number of aromatic nitrogens is 4. The van der Waals surface area contributed by atoms with Crippen molar-refractivity contribution in [3.63, 3.8) is 0 Å². The standard InChI is InChI=1S/C22H26ClN7O2/c1-28-9-10-30(20-12-19(23)26-22(27-20)29-8-7-24-15-29)17(14-28)11-21(31)25-13-16-3-5-18(32-2)6-4-16/h3-8,12,15,17H,9-11,13-14H2,1-2H3,(H,25,31). The van der Waals surface area contributed by atoms with E-state index >= 15 is 0 Å². The Morgan fingerprint density at radius 3 is 2.78 bits per heavy atom. The Morgan fingerprint density at radius 1 is 1.25 bits per heavy atom. The highest BCUT2D eigenvalue weighted by molar-refractivity contribution is 6.29. The van der Waals surface area contributed by atoms with Crippen LogP contribution in [0.1, 0.15) is 12.0 Å². The van der Waals surface area contributed by atoms with Gasteiger partial charge < -0.3 is 19.9 Å². The van der Waals surface area contributed by atoms with Gasteiger partial charge in [-0.3, -0.25) is 9.36 Å². The second kappa shape index (κ2) is 9.97. The maximum absolute atomic E-state index is 12.8. The monoisotopic (exact) mass is 455 g/mol. The van der Waals surface area contributed by atoms with E-state index in [1.165, 1.54) is 0 Å². The number of carbonyl (C=O) groups excluding carboxylic acids is 1. The van der Waals surface area contributed by atoms with Gasteiger partial charge >= 0.3 is 0 Å². The molecule has 1 saturated heterocycles. The fraction of sp³-hybridized carbons (Fsp3) is 0.364. The van der Waals surface area contributed by atoms with Gasteiger partial charge in [0, 0.05) is 51.1 Å². The van der Waals surface area contributed by atoms with Gasteiger partial charge in [0.15, 0.2) is 0 Å². The third-order valence-electron chi connectivity index (χ3n) is 5.45. The highest BCUT2D eigenvalue weighted by Crippen LogP contribution is 2.24. The minimum atomic E-state index is -0.0359. The van der Waals surface area contributed by atoms with Crippen LogP contribution in [0.3, 0.4) is 0 Å². The lowest BCUT2D eigenvalue weighted by molar-refractivity contribution is -0.121. The zero-order valence-electron chi connectivity index (χ0n) is 18.1. The Kier molecular flexibility index (Phi) is 6.87. The van der Waals surface area contributed by atoms with Crippen LogP contribution in [0.4, 0.5) is 5.82 Å². The molecule has 3 aromatic rings. The van der Waals surface area contributed by atoms with E-state index in [2.05, 4.69) is 37.1 Å². The summed E-state index contributed by atoms with van der Waals surface area (Å²) in [5, 5.41) is 3.37. The normalized spacial score (nSPS) is 16.7. The molecule has 1 amide bonds. The summed E-state index contributed by atoms with van der Waals surface area (Å²) in [5.74, 6) is 1.93. The second-order valence-corrected chi connectivity index (χ2v) is 8.14. The lowest BCUT2D eigenvalue weighted by Crippen LogP contribution is -2.53. The molecule has 1 aromatic carbocycles. The summed E-state index contributed by atoms with van der Waals surface area (Å²) in [5.41, 5.74) is 1.02. The Morgan fingerprint density at radius 2 is 2.06 bits per heavy atom. The van der Waals surface area contributed by atoms with E-state index in [-0.39, 0.29) is 11.9 Å². The predicted octanol–water partition coefficient (Wildman–Crippen LogP) is 2.15. The molecule has 1 unspecified atom stereocenters. The molecule has 0 bridgehead atoms. The quantitative estimate of drug-likeness (QED) is 0.546. The van der Waals surface area contributed by atoms with Gasteiger partial charge in [0.1, 0.15) is 23.0 Å². The summed E-state index contributed by atoms with van der Waals surface area (Å²) in [6.45, 7) is 2.82. The number of anilines is 1. The summed E-state index contributed by atoms with van der Waals surface area (Å²) in [6, 6.07) is 9.37. The van der Waals surface area contributed by atoms with Crippen molar-refractivity contribution in [2.24, 2.45) is 0 Å². The summed E-state index contributed by atoms with van der Waals surface area (Å²) in [7, 11) is 3.69. The molecule has 0 radical (unpaired) electrons. The first-order valence-electron chi connectivity index (χ1n) is 10.4.